The zero-order chi connectivity index (χ0) is 24.3. The van der Waals surface area contributed by atoms with Crippen LogP contribution >= 0.6 is 0 Å². The third-order valence-electron chi connectivity index (χ3n) is 7.11. The zero-order valence-electron chi connectivity index (χ0n) is 20.4. The Labute approximate surface area is 201 Å². The van der Waals surface area contributed by atoms with Crippen molar-refractivity contribution in [3.63, 3.8) is 0 Å². The lowest BCUT2D eigenvalue weighted by atomic mass is 9.65. The van der Waals surface area contributed by atoms with Crippen molar-refractivity contribution in [3.05, 3.63) is 94.0 Å². The molecule has 0 spiro atoms. The highest BCUT2D eigenvalue weighted by molar-refractivity contribution is 5.96. The molecule has 1 aliphatic rings. The molecule has 0 atom stereocenters. The monoisotopic (exact) mass is 456 g/mol. The van der Waals surface area contributed by atoms with E-state index in [0.717, 1.165) is 29.7 Å². The van der Waals surface area contributed by atoms with Gasteiger partial charge in [0, 0.05) is 11.0 Å². The molecule has 0 radical (unpaired) electrons. The minimum atomic E-state index is -0.427. The Morgan fingerprint density at radius 1 is 0.735 bits per heavy atom. The van der Waals surface area contributed by atoms with Crippen LogP contribution in [0.5, 0.6) is 11.5 Å². The Kier molecular flexibility index (Phi) is 6.87. The summed E-state index contributed by atoms with van der Waals surface area (Å²) in [5.74, 6) is 1.00. The van der Waals surface area contributed by atoms with Gasteiger partial charge in [0.1, 0.15) is 11.5 Å². The van der Waals surface area contributed by atoms with Gasteiger partial charge >= 0.3 is 5.97 Å². The molecule has 0 N–H and O–H groups in total. The second kappa shape index (κ2) is 9.84. The number of Topliss-reactive ketones (excluding diaryl/α,β-unsaturated/α-hetero) is 1. The van der Waals surface area contributed by atoms with Crippen molar-refractivity contribution < 1.29 is 19.1 Å². The fraction of sp³-hybridized carbons (Fsp3) is 0.333. The van der Waals surface area contributed by atoms with E-state index in [1.54, 1.807) is 31.4 Å². The van der Waals surface area contributed by atoms with Crippen molar-refractivity contribution in [2.45, 2.75) is 58.3 Å². The Morgan fingerprint density at radius 2 is 1.26 bits per heavy atom. The Hall–Kier alpha value is -3.40. The van der Waals surface area contributed by atoms with Crippen molar-refractivity contribution in [1.29, 1.82) is 0 Å². The van der Waals surface area contributed by atoms with E-state index in [1.165, 1.54) is 37.3 Å². The van der Waals surface area contributed by atoms with Crippen molar-refractivity contribution in [2.24, 2.45) is 0 Å². The molecule has 1 fully saturated rings. The van der Waals surface area contributed by atoms with E-state index in [0.29, 0.717) is 16.9 Å². The summed E-state index contributed by atoms with van der Waals surface area (Å²) in [6.45, 7) is 5.58. The van der Waals surface area contributed by atoms with Gasteiger partial charge in [-0.15, -0.1) is 0 Å². The zero-order valence-corrected chi connectivity index (χ0v) is 20.4. The molecule has 0 unspecified atom stereocenters. The summed E-state index contributed by atoms with van der Waals surface area (Å²) in [7, 11) is 1.71. The minimum Gasteiger partial charge on any atom is -0.496 e. The summed E-state index contributed by atoms with van der Waals surface area (Å²) in [6, 6.07) is 19.3. The number of hydrogen-bond acceptors (Lipinski definition) is 4. The standard InChI is InChI=1S/C30H32O4/c1-20-18-25(12-14-27(20)33-4)30(16-6-5-7-17-30)26-13-15-28(21(2)19-26)34-29(32)24-10-8-23(9-11-24)22(3)31/h8-15,18-19H,5-7,16-17H2,1-4H3. The van der Waals surface area contributed by atoms with E-state index in [-0.39, 0.29) is 11.2 Å². The predicted octanol–water partition coefficient (Wildman–Crippen LogP) is 6.98. The van der Waals surface area contributed by atoms with E-state index >= 15 is 0 Å². The third-order valence-corrected chi connectivity index (χ3v) is 7.11. The number of esters is 1. The van der Waals surface area contributed by atoms with Gasteiger partial charge in [0.2, 0.25) is 0 Å². The van der Waals surface area contributed by atoms with Crippen LogP contribution in [0.1, 0.15) is 82.0 Å². The van der Waals surface area contributed by atoms with Crippen LogP contribution in [0.3, 0.4) is 0 Å². The second-order valence-electron chi connectivity index (χ2n) is 9.33. The highest BCUT2D eigenvalue weighted by atomic mass is 16.5. The summed E-state index contributed by atoms with van der Waals surface area (Å²) in [4.78, 5) is 24.2. The van der Waals surface area contributed by atoms with Crippen LogP contribution in [0.25, 0.3) is 0 Å². The number of carbonyl (C=O) groups excluding carboxylic acids is 2. The van der Waals surface area contributed by atoms with Crippen molar-refractivity contribution in [1.82, 2.24) is 0 Å². The summed E-state index contributed by atoms with van der Waals surface area (Å²) in [6.07, 6.45) is 5.84. The van der Waals surface area contributed by atoms with E-state index < -0.39 is 5.97 Å². The topological polar surface area (TPSA) is 52.6 Å². The van der Waals surface area contributed by atoms with Crippen LogP contribution in [0.4, 0.5) is 0 Å². The maximum Gasteiger partial charge on any atom is 0.343 e. The normalized spacial score (nSPS) is 14.9. The van der Waals surface area contributed by atoms with Crippen molar-refractivity contribution in [3.8, 4) is 11.5 Å². The van der Waals surface area contributed by atoms with Gasteiger partial charge < -0.3 is 9.47 Å². The van der Waals surface area contributed by atoms with E-state index in [1.807, 2.05) is 13.0 Å². The average Bonchev–Trinajstić information content (AvgIpc) is 2.85. The average molecular weight is 457 g/mol. The van der Waals surface area contributed by atoms with Crippen LogP contribution < -0.4 is 9.47 Å². The van der Waals surface area contributed by atoms with Crippen LogP contribution in [0.15, 0.2) is 60.7 Å². The van der Waals surface area contributed by atoms with Gasteiger partial charge in [-0.25, -0.2) is 4.79 Å². The lowest BCUT2D eigenvalue weighted by Crippen LogP contribution is -2.30. The predicted molar refractivity (Wildman–Crippen MR) is 134 cm³/mol. The van der Waals surface area contributed by atoms with Crippen molar-refractivity contribution in [2.75, 3.05) is 7.11 Å². The molecule has 176 valence electrons. The van der Waals surface area contributed by atoms with Gasteiger partial charge in [-0.2, -0.15) is 0 Å². The van der Waals surface area contributed by atoms with E-state index in [4.69, 9.17) is 9.47 Å². The summed E-state index contributed by atoms with van der Waals surface area (Å²) < 4.78 is 11.2. The molecule has 0 bridgehead atoms. The smallest absolute Gasteiger partial charge is 0.343 e. The molecule has 3 aromatic carbocycles. The van der Waals surface area contributed by atoms with Crippen LogP contribution in [-0.2, 0) is 5.41 Å². The first-order valence-corrected chi connectivity index (χ1v) is 11.9. The maximum atomic E-state index is 12.7. The molecule has 4 nitrogen and oxygen atoms in total. The largest absolute Gasteiger partial charge is 0.496 e. The van der Waals surface area contributed by atoms with Crippen molar-refractivity contribution >= 4 is 11.8 Å². The second-order valence-corrected chi connectivity index (χ2v) is 9.33. The molecule has 34 heavy (non-hydrogen) atoms. The molecule has 4 rings (SSSR count). The fourth-order valence-corrected chi connectivity index (χ4v) is 5.14. The quantitative estimate of drug-likeness (QED) is 0.228. The first-order chi connectivity index (χ1) is 16.3. The van der Waals surface area contributed by atoms with Gasteiger partial charge in [-0.3, -0.25) is 4.79 Å². The van der Waals surface area contributed by atoms with Crippen LogP contribution in [0, 0.1) is 13.8 Å². The molecule has 0 aliphatic heterocycles. The maximum absolute atomic E-state index is 12.7. The lowest BCUT2D eigenvalue weighted by Gasteiger charge is -2.39. The molecule has 0 aromatic heterocycles. The summed E-state index contributed by atoms with van der Waals surface area (Å²) in [5, 5.41) is 0. The van der Waals surface area contributed by atoms with Gasteiger partial charge in [-0.05, 0) is 80.1 Å². The summed E-state index contributed by atoms with van der Waals surface area (Å²) in [5.41, 5.74) is 5.60. The highest BCUT2D eigenvalue weighted by Crippen LogP contribution is 2.46. The number of aryl methyl sites for hydroxylation is 2. The number of rotatable bonds is 6. The number of ether oxygens (including phenoxy) is 2. The fourth-order valence-electron chi connectivity index (χ4n) is 5.14. The molecule has 1 aliphatic carbocycles. The molecule has 3 aromatic rings. The van der Waals surface area contributed by atoms with Gasteiger partial charge in [0.05, 0.1) is 12.7 Å². The van der Waals surface area contributed by atoms with Gasteiger partial charge in [0.15, 0.2) is 5.78 Å². The molecular formula is C30H32O4. The SMILES string of the molecule is COc1ccc(C2(c3ccc(OC(=O)c4ccc(C(C)=O)cc4)c(C)c3)CCCCC2)cc1C. The third kappa shape index (κ3) is 4.63. The Morgan fingerprint density at radius 3 is 1.76 bits per heavy atom. The lowest BCUT2D eigenvalue weighted by molar-refractivity contribution is 0.0733. The minimum absolute atomic E-state index is 0.0324. The van der Waals surface area contributed by atoms with Gasteiger partial charge in [-0.1, -0.05) is 55.7 Å². The molecule has 4 heteroatoms. The van der Waals surface area contributed by atoms with Crippen LogP contribution in [-0.4, -0.2) is 18.9 Å². The molecular weight excluding hydrogens is 424 g/mol. The Bertz CT molecular complexity index is 1200. The molecule has 1 saturated carbocycles. The van der Waals surface area contributed by atoms with Gasteiger partial charge in [0.25, 0.3) is 0 Å². The molecule has 0 saturated heterocycles. The highest BCUT2D eigenvalue weighted by Gasteiger charge is 2.36. The molecule has 0 heterocycles. The first-order valence-electron chi connectivity index (χ1n) is 11.9. The number of methoxy groups -OCH3 is 1. The van der Waals surface area contributed by atoms with E-state index in [9.17, 15) is 9.59 Å². The van der Waals surface area contributed by atoms with Crippen LogP contribution in [0.2, 0.25) is 0 Å². The van der Waals surface area contributed by atoms with E-state index in [2.05, 4.69) is 37.3 Å². The number of ketones is 1. The number of hydrogen-bond donors (Lipinski definition) is 0. The molecule has 0 amide bonds. The summed E-state index contributed by atoms with van der Waals surface area (Å²) >= 11 is 0. The Balaban J connectivity index is 1.63. The first kappa shape index (κ1) is 23.7. The number of benzene rings is 3. The number of carbonyl (C=O) groups is 2.